The van der Waals surface area contributed by atoms with Crippen LogP contribution in [0, 0.1) is 11.8 Å². The minimum absolute atomic E-state index is 0.102. The van der Waals surface area contributed by atoms with Gasteiger partial charge in [-0.2, -0.15) is 0 Å². The number of carbonyl (C=O) groups is 1. The van der Waals surface area contributed by atoms with E-state index in [1.54, 1.807) is 0 Å². The Kier molecular flexibility index (Phi) is 5.71. The molecule has 3 unspecified atom stereocenters. The van der Waals surface area contributed by atoms with Crippen LogP contribution in [0.3, 0.4) is 0 Å². The molecule has 1 aromatic heterocycles. The number of H-pyrrole nitrogens is 1. The summed E-state index contributed by atoms with van der Waals surface area (Å²) in [4.78, 5) is 23.1. The molecule has 28 heavy (non-hydrogen) atoms. The molecule has 6 nitrogen and oxygen atoms in total. The zero-order valence-corrected chi connectivity index (χ0v) is 17.0. The van der Waals surface area contributed by atoms with Crippen LogP contribution < -0.4 is 0 Å². The Hall–Kier alpha value is -1.89. The maximum absolute atomic E-state index is 13.1. The van der Waals surface area contributed by atoms with E-state index in [1.165, 1.54) is 6.42 Å². The lowest BCUT2D eigenvalue weighted by Gasteiger charge is -2.39. The number of nitrogens with one attached hydrogen (secondary N) is 1. The van der Waals surface area contributed by atoms with E-state index < -0.39 is 0 Å². The van der Waals surface area contributed by atoms with Gasteiger partial charge in [-0.15, -0.1) is 0 Å². The van der Waals surface area contributed by atoms with E-state index in [0.717, 1.165) is 55.6 Å². The van der Waals surface area contributed by atoms with Crippen LogP contribution in [0.4, 0.5) is 0 Å². The van der Waals surface area contributed by atoms with Crippen molar-refractivity contribution in [3.63, 3.8) is 0 Å². The summed E-state index contributed by atoms with van der Waals surface area (Å²) in [5.74, 6) is 0.719. The number of likely N-dealkylation sites (tertiary alicyclic amines) is 2. The van der Waals surface area contributed by atoms with Crippen LogP contribution in [0.2, 0.25) is 0 Å². The molecule has 152 valence electrons. The van der Waals surface area contributed by atoms with E-state index in [1.807, 2.05) is 35.4 Å². The molecule has 2 aliphatic rings. The molecule has 6 heteroatoms. The van der Waals surface area contributed by atoms with Gasteiger partial charge in [-0.25, -0.2) is 0 Å². The van der Waals surface area contributed by atoms with E-state index in [-0.39, 0.29) is 18.4 Å². The van der Waals surface area contributed by atoms with Gasteiger partial charge in [-0.05, 0) is 68.9 Å². The molecule has 0 spiro atoms. The van der Waals surface area contributed by atoms with Crippen LogP contribution in [0.25, 0.3) is 10.9 Å². The monoisotopic (exact) mass is 384 g/mol. The summed E-state index contributed by atoms with van der Waals surface area (Å²) in [6.45, 7) is 4.83. The molecule has 1 amide bonds. The highest BCUT2D eigenvalue weighted by atomic mass is 16.3. The Bertz CT molecular complexity index is 818. The second-order valence-corrected chi connectivity index (χ2v) is 8.69. The second kappa shape index (κ2) is 8.23. The third kappa shape index (κ3) is 3.95. The Balaban J connectivity index is 1.43. The zero-order chi connectivity index (χ0) is 19.7. The maximum atomic E-state index is 13.1. The van der Waals surface area contributed by atoms with Crippen molar-refractivity contribution in [2.45, 2.75) is 18.9 Å². The number of hydrogen-bond donors (Lipinski definition) is 2. The number of amides is 1. The van der Waals surface area contributed by atoms with Gasteiger partial charge in [0.2, 0.25) is 0 Å². The third-order valence-corrected chi connectivity index (χ3v) is 6.69. The molecule has 3 heterocycles. The summed E-state index contributed by atoms with van der Waals surface area (Å²) in [5.41, 5.74) is 1.74. The highest BCUT2D eigenvalue weighted by Crippen LogP contribution is 2.27. The Morgan fingerprint density at radius 2 is 2.04 bits per heavy atom. The molecule has 2 saturated heterocycles. The number of aromatic amines is 1. The van der Waals surface area contributed by atoms with E-state index in [2.05, 4.69) is 28.9 Å². The molecule has 2 fully saturated rings. The van der Waals surface area contributed by atoms with E-state index in [0.29, 0.717) is 12.0 Å². The number of aliphatic hydroxyl groups is 1. The molecule has 2 aliphatic heterocycles. The summed E-state index contributed by atoms with van der Waals surface area (Å²) in [6, 6.07) is 8.51. The molecule has 4 rings (SSSR count). The van der Waals surface area contributed by atoms with Crippen molar-refractivity contribution in [2.24, 2.45) is 11.8 Å². The van der Waals surface area contributed by atoms with E-state index in [4.69, 9.17) is 0 Å². The van der Waals surface area contributed by atoms with Crippen LogP contribution in [0.1, 0.15) is 23.2 Å². The van der Waals surface area contributed by atoms with E-state index >= 15 is 0 Å². The topological polar surface area (TPSA) is 62.8 Å². The van der Waals surface area contributed by atoms with Crippen molar-refractivity contribution in [1.82, 2.24) is 19.7 Å². The molecular formula is C22H32N4O2. The average Bonchev–Trinajstić information content (AvgIpc) is 3.36. The van der Waals surface area contributed by atoms with Crippen molar-refractivity contribution in [2.75, 3.05) is 53.4 Å². The quantitative estimate of drug-likeness (QED) is 0.826. The molecule has 3 atom stereocenters. The number of likely N-dealkylation sites (N-methyl/N-ethyl adjacent to an activating group) is 1. The zero-order valence-electron chi connectivity index (χ0n) is 17.0. The van der Waals surface area contributed by atoms with Gasteiger partial charge >= 0.3 is 0 Å². The first-order valence-corrected chi connectivity index (χ1v) is 10.4. The van der Waals surface area contributed by atoms with Gasteiger partial charge < -0.3 is 24.8 Å². The minimum atomic E-state index is 0.102. The number of nitrogens with zero attached hydrogens (tertiary/aromatic N) is 3. The van der Waals surface area contributed by atoms with Crippen LogP contribution in [-0.2, 0) is 0 Å². The lowest BCUT2D eigenvalue weighted by molar-refractivity contribution is 0.0412. The molecule has 0 aliphatic carbocycles. The first kappa shape index (κ1) is 19.4. The number of piperidine rings is 1. The molecule has 0 saturated carbocycles. The fourth-order valence-electron chi connectivity index (χ4n) is 4.81. The summed E-state index contributed by atoms with van der Waals surface area (Å²) in [6.07, 6.45) is 3.98. The fourth-order valence-corrected chi connectivity index (χ4v) is 4.81. The Morgan fingerprint density at radius 1 is 1.18 bits per heavy atom. The van der Waals surface area contributed by atoms with Crippen LogP contribution in [0.5, 0.6) is 0 Å². The standard InChI is InChI=1S/C22H32N4O2/c1-24(2)20-7-9-25(14-20)12-19-13-26(10-6-18(19)15-27)22(28)17-4-3-16-5-8-23-21(16)11-17/h3-5,8,11,18-20,23,27H,6-7,9-10,12-15H2,1-2H3. The maximum Gasteiger partial charge on any atom is 0.253 e. The van der Waals surface area contributed by atoms with Crippen LogP contribution in [0.15, 0.2) is 30.5 Å². The number of benzene rings is 1. The molecule has 2 N–H and O–H groups in total. The number of hydrogen-bond acceptors (Lipinski definition) is 4. The van der Waals surface area contributed by atoms with Gasteiger partial charge in [0.1, 0.15) is 0 Å². The lowest BCUT2D eigenvalue weighted by atomic mass is 9.85. The molecule has 0 bridgehead atoms. The molecule has 1 aromatic carbocycles. The van der Waals surface area contributed by atoms with Gasteiger partial charge in [-0.1, -0.05) is 6.07 Å². The predicted octanol–water partition coefficient (Wildman–Crippen LogP) is 1.87. The number of aliphatic hydroxyl groups excluding tert-OH is 1. The lowest BCUT2D eigenvalue weighted by Crippen LogP contribution is -2.48. The fraction of sp³-hybridized carbons (Fsp3) is 0.591. The smallest absolute Gasteiger partial charge is 0.253 e. The highest BCUT2D eigenvalue weighted by Gasteiger charge is 2.34. The van der Waals surface area contributed by atoms with Crippen molar-refractivity contribution in [3.05, 3.63) is 36.0 Å². The normalized spacial score (nSPS) is 26.4. The van der Waals surface area contributed by atoms with Gasteiger partial charge in [0, 0.05) is 56.1 Å². The van der Waals surface area contributed by atoms with Crippen LogP contribution >= 0.6 is 0 Å². The number of fused-ring (bicyclic) bond motifs is 1. The SMILES string of the molecule is CN(C)C1CCN(CC2CN(C(=O)c3ccc4cc[nH]c4c3)CCC2CO)C1. The van der Waals surface area contributed by atoms with Gasteiger partial charge in [0.25, 0.3) is 5.91 Å². The van der Waals surface area contributed by atoms with E-state index in [9.17, 15) is 9.90 Å². The summed E-state index contributed by atoms with van der Waals surface area (Å²) >= 11 is 0. The minimum Gasteiger partial charge on any atom is -0.396 e. The Labute approximate surface area is 167 Å². The number of carbonyl (C=O) groups excluding carboxylic acids is 1. The average molecular weight is 385 g/mol. The number of aromatic nitrogens is 1. The molecule has 0 radical (unpaired) electrons. The highest BCUT2D eigenvalue weighted by molar-refractivity contribution is 5.98. The second-order valence-electron chi connectivity index (χ2n) is 8.69. The van der Waals surface area contributed by atoms with Gasteiger partial charge in [-0.3, -0.25) is 4.79 Å². The molecule has 2 aromatic rings. The molecular weight excluding hydrogens is 352 g/mol. The third-order valence-electron chi connectivity index (χ3n) is 6.69. The first-order chi connectivity index (χ1) is 13.5. The van der Waals surface area contributed by atoms with Crippen molar-refractivity contribution in [1.29, 1.82) is 0 Å². The first-order valence-electron chi connectivity index (χ1n) is 10.4. The van der Waals surface area contributed by atoms with Gasteiger partial charge in [0.05, 0.1) is 0 Å². The Morgan fingerprint density at radius 3 is 2.79 bits per heavy atom. The largest absolute Gasteiger partial charge is 0.396 e. The summed E-state index contributed by atoms with van der Waals surface area (Å²) in [7, 11) is 4.29. The van der Waals surface area contributed by atoms with Crippen LogP contribution in [-0.4, -0.2) is 90.2 Å². The summed E-state index contributed by atoms with van der Waals surface area (Å²) < 4.78 is 0. The van der Waals surface area contributed by atoms with Gasteiger partial charge in [0.15, 0.2) is 0 Å². The number of rotatable bonds is 5. The summed E-state index contributed by atoms with van der Waals surface area (Å²) in [5, 5.41) is 11.0. The predicted molar refractivity (Wildman–Crippen MR) is 111 cm³/mol. The van der Waals surface area contributed by atoms with Crippen molar-refractivity contribution < 1.29 is 9.90 Å². The van der Waals surface area contributed by atoms with Crippen molar-refractivity contribution >= 4 is 16.8 Å². The van der Waals surface area contributed by atoms with Crippen molar-refractivity contribution in [3.8, 4) is 0 Å².